The Morgan fingerprint density at radius 3 is 2.83 bits per heavy atom. The maximum atomic E-state index is 4.52. The summed E-state index contributed by atoms with van der Waals surface area (Å²) in [5.74, 6) is 0. The van der Waals surface area contributed by atoms with Gasteiger partial charge in [0.25, 0.3) is 0 Å². The van der Waals surface area contributed by atoms with Crippen LogP contribution in [0, 0.1) is 0 Å². The van der Waals surface area contributed by atoms with Gasteiger partial charge in [0.15, 0.2) is 0 Å². The molecular weight excluding hydrogens is 185 g/mol. The molecule has 0 aliphatic heterocycles. The summed E-state index contributed by atoms with van der Waals surface area (Å²) in [6.45, 7) is 0. The van der Waals surface area contributed by atoms with E-state index in [9.17, 15) is 0 Å². The van der Waals surface area contributed by atoms with Crippen molar-refractivity contribution in [3.8, 4) is 0 Å². The zero-order valence-electron chi connectivity index (χ0n) is 3.51. The van der Waals surface area contributed by atoms with Crippen LogP contribution in [0.25, 0.3) is 0 Å². The van der Waals surface area contributed by atoms with Crippen molar-refractivity contribution in [3.63, 3.8) is 0 Å². The van der Waals surface area contributed by atoms with E-state index in [1.807, 2.05) is 6.07 Å². The molecule has 0 fully saturated rings. The van der Waals surface area contributed by atoms with Crippen LogP contribution in [-0.4, -0.2) is 27.7 Å². The van der Waals surface area contributed by atoms with Gasteiger partial charge in [-0.05, 0) is 0 Å². The summed E-state index contributed by atoms with van der Waals surface area (Å²) in [5.41, 5.74) is 0. The van der Waals surface area contributed by atoms with Gasteiger partial charge in [0, 0.05) is 0 Å². The van der Waals surface area contributed by atoms with Crippen LogP contribution in [0.2, 0.25) is 0 Å². The Hall–Kier alpha value is 0.00870. The summed E-state index contributed by atoms with van der Waals surface area (Å²) in [6, 6.07) is 1.90. The Kier molecular flexibility index (Phi) is 1.14. The van der Waals surface area contributed by atoms with Crippen LogP contribution in [0.15, 0.2) is 16.9 Å². The molecule has 1 heterocycles. The minimum atomic E-state index is 0.537. The Morgan fingerprint density at radius 2 is 2.67 bits per heavy atom. The van der Waals surface area contributed by atoms with Gasteiger partial charge in [-0.25, -0.2) is 0 Å². The van der Waals surface area contributed by atoms with Crippen LogP contribution >= 0.6 is 0 Å². The van der Waals surface area contributed by atoms with Crippen molar-refractivity contribution >= 4 is 26.2 Å². The molecule has 0 spiro atoms. The monoisotopic (exact) mass is 191 g/mol. The summed E-state index contributed by atoms with van der Waals surface area (Å²) >= 11 is 0.537. The van der Waals surface area contributed by atoms with Crippen molar-refractivity contribution in [2.75, 3.05) is 0 Å². The molecular formula is C3H5NOSn. The number of rotatable bonds is 0. The number of aromatic nitrogens is 1. The molecule has 0 aliphatic rings. The van der Waals surface area contributed by atoms with E-state index in [2.05, 4.69) is 9.68 Å². The van der Waals surface area contributed by atoms with Gasteiger partial charge < -0.3 is 0 Å². The van der Waals surface area contributed by atoms with Crippen molar-refractivity contribution in [1.29, 1.82) is 0 Å². The van der Waals surface area contributed by atoms with Gasteiger partial charge in [-0.15, -0.1) is 0 Å². The van der Waals surface area contributed by atoms with E-state index >= 15 is 0 Å². The fourth-order valence-corrected chi connectivity index (χ4v) is 0.962. The van der Waals surface area contributed by atoms with E-state index in [4.69, 9.17) is 0 Å². The van der Waals surface area contributed by atoms with Crippen molar-refractivity contribution in [2.45, 2.75) is 0 Å². The molecule has 1 rings (SSSR count). The molecule has 0 amide bonds. The van der Waals surface area contributed by atoms with Gasteiger partial charge in [-0.2, -0.15) is 0 Å². The summed E-state index contributed by atoms with van der Waals surface area (Å²) in [4.78, 5) is 0. The molecule has 32 valence electrons. The van der Waals surface area contributed by atoms with Crippen LogP contribution in [0.1, 0.15) is 0 Å². The van der Waals surface area contributed by atoms with E-state index in [-0.39, 0.29) is 0 Å². The summed E-state index contributed by atoms with van der Waals surface area (Å²) in [5, 5.41) is 3.64. The minimum absolute atomic E-state index is 0.537. The first-order valence-corrected chi connectivity index (χ1v) is 4.62. The van der Waals surface area contributed by atoms with Crippen molar-refractivity contribution in [3.05, 3.63) is 12.3 Å². The van der Waals surface area contributed by atoms with Crippen molar-refractivity contribution in [2.24, 2.45) is 0 Å². The predicted molar refractivity (Wildman–Crippen MR) is 26.1 cm³/mol. The fraction of sp³-hybridized carbons (Fsp3) is 0. The molecule has 0 atom stereocenters. The topological polar surface area (TPSA) is 26.0 Å². The maximum absolute atomic E-state index is 4.52. The zero-order valence-corrected chi connectivity index (χ0v) is 9.22. The molecule has 1 aromatic heterocycles. The van der Waals surface area contributed by atoms with Crippen LogP contribution < -0.4 is 3.71 Å². The second kappa shape index (κ2) is 1.64. The van der Waals surface area contributed by atoms with Crippen LogP contribution in [0.4, 0.5) is 0 Å². The average molecular weight is 190 g/mol. The third-order valence-corrected chi connectivity index (χ3v) is 2.04. The molecule has 6 heavy (non-hydrogen) atoms. The normalized spacial score (nSPS) is 9.33. The number of nitrogens with zero attached hydrogens (tertiary/aromatic N) is 1. The van der Waals surface area contributed by atoms with E-state index in [1.54, 1.807) is 6.26 Å². The Balaban J connectivity index is 3.05. The fourth-order valence-electron chi connectivity index (χ4n) is 0.273. The zero-order chi connectivity index (χ0) is 4.41. The van der Waals surface area contributed by atoms with E-state index in [0.717, 1.165) is 3.71 Å². The first-order chi connectivity index (χ1) is 2.89. The summed E-state index contributed by atoms with van der Waals surface area (Å²) < 4.78 is 5.65. The molecule has 0 aromatic carbocycles. The standard InChI is InChI=1S/C3H2NO.Sn.3H/c1-2-4-5-3-1;;;;/h1,3H;;;;. The molecule has 0 bridgehead atoms. The molecule has 0 saturated heterocycles. The second-order valence-electron chi connectivity index (χ2n) is 1.14. The van der Waals surface area contributed by atoms with Crippen molar-refractivity contribution < 1.29 is 4.52 Å². The van der Waals surface area contributed by atoms with Crippen molar-refractivity contribution in [1.82, 2.24) is 5.16 Å². The molecule has 1 aromatic rings. The number of hydrogen-bond donors (Lipinski definition) is 0. The SMILES string of the molecule is [SnH3][c]1ccon1. The second-order valence-corrected chi connectivity index (χ2v) is 4.07. The van der Waals surface area contributed by atoms with Gasteiger partial charge in [0.1, 0.15) is 0 Å². The van der Waals surface area contributed by atoms with Gasteiger partial charge in [0.2, 0.25) is 0 Å². The third kappa shape index (κ3) is 0.739. The molecule has 0 unspecified atom stereocenters. The van der Waals surface area contributed by atoms with E-state index in [0.29, 0.717) is 22.5 Å². The van der Waals surface area contributed by atoms with Crippen LogP contribution in [0.3, 0.4) is 0 Å². The Labute approximate surface area is 48.6 Å². The average Bonchev–Trinajstić information content (AvgIpc) is 1.86. The Morgan fingerprint density at radius 1 is 1.83 bits per heavy atom. The number of hydrogen-bond acceptors (Lipinski definition) is 2. The van der Waals surface area contributed by atoms with Gasteiger partial charge >= 0.3 is 48.2 Å². The third-order valence-electron chi connectivity index (χ3n) is 0.567. The summed E-state index contributed by atoms with van der Waals surface area (Å²) in [6.07, 6.45) is 1.60. The molecule has 0 aliphatic carbocycles. The molecule has 0 N–H and O–H groups in total. The van der Waals surface area contributed by atoms with Gasteiger partial charge in [0.05, 0.1) is 0 Å². The predicted octanol–water partition coefficient (Wildman–Crippen LogP) is -1.33. The summed E-state index contributed by atoms with van der Waals surface area (Å²) in [7, 11) is 0. The molecule has 3 heteroatoms. The van der Waals surface area contributed by atoms with E-state index in [1.165, 1.54) is 0 Å². The van der Waals surface area contributed by atoms with Gasteiger partial charge in [-0.3, -0.25) is 0 Å². The van der Waals surface area contributed by atoms with E-state index < -0.39 is 0 Å². The molecule has 2 nitrogen and oxygen atoms in total. The quantitative estimate of drug-likeness (QED) is 0.473. The Bertz CT molecular complexity index is 114. The molecule has 0 saturated carbocycles. The van der Waals surface area contributed by atoms with Gasteiger partial charge in [-0.1, -0.05) is 0 Å². The first-order valence-electron chi connectivity index (χ1n) is 1.76. The molecule has 0 radical (unpaired) electrons. The van der Waals surface area contributed by atoms with Crippen LogP contribution in [-0.2, 0) is 0 Å². The van der Waals surface area contributed by atoms with Crippen LogP contribution in [0.5, 0.6) is 0 Å². The first kappa shape index (κ1) is 4.18.